The summed E-state index contributed by atoms with van der Waals surface area (Å²) >= 11 is 0. The Balaban J connectivity index is 1.90. The van der Waals surface area contributed by atoms with E-state index >= 15 is 0 Å². The normalized spacial score (nSPS) is 46.0. The van der Waals surface area contributed by atoms with Crippen molar-refractivity contribution in [2.75, 3.05) is 6.61 Å². The van der Waals surface area contributed by atoms with Crippen LogP contribution in [-0.4, -0.2) is 68.9 Å². The van der Waals surface area contributed by atoms with Crippen molar-refractivity contribution in [1.82, 2.24) is 5.32 Å². The van der Waals surface area contributed by atoms with E-state index in [4.69, 9.17) is 9.47 Å². The molecule has 0 aromatic rings. The minimum Gasteiger partial charge on any atom is -0.394 e. The first-order valence-corrected chi connectivity index (χ1v) is 7.30. The van der Waals surface area contributed by atoms with Crippen LogP contribution in [0.4, 0.5) is 0 Å². The quantitative estimate of drug-likeness (QED) is 0.377. The van der Waals surface area contributed by atoms with Crippen LogP contribution in [0.15, 0.2) is 0 Å². The highest BCUT2D eigenvalue weighted by Crippen LogP contribution is 2.43. The van der Waals surface area contributed by atoms with Gasteiger partial charge in [0.05, 0.1) is 6.61 Å². The van der Waals surface area contributed by atoms with Gasteiger partial charge in [0.2, 0.25) is 0 Å². The van der Waals surface area contributed by atoms with E-state index in [1.54, 1.807) is 0 Å². The SMILES string of the molecule is O=C1NC2(CCCCC2)O[C@]12O[C@H](CO)[C@@H](O)[C@H](O)[C@H]2O. The molecule has 3 aliphatic rings. The average Bonchev–Trinajstić information content (AvgIpc) is 2.74. The van der Waals surface area contributed by atoms with Crippen molar-refractivity contribution in [2.24, 2.45) is 0 Å². The lowest BCUT2D eigenvalue weighted by molar-refractivity contribution is -0.355. The number of hydrogen-bond acceptors (Lipinski definition) is 7. The van der Waals surface area contributed by atoms with E-state index in [2.05, 4.69) is 5.32 Å². The summed E-state index contributed by atoms with van der Waals surface area (Å²) in [6.07, 6.45) is -2.07. The molecule has 21 heavy (non-hydrogen) atoms. The van der Waals surface area contributed by atoms with Crippen LogP contribution in [0.3, 0.4) is 0 Å². The van der Waals surface area contributed by atoms with Crippen LogP contribution >= 0.6 is 0 Å². The highest BCUT2D eigenvalue weighted by molar-refractivity contribution is 5.87. The van der Waals surface area contributed by atoms with Crippen molar-refractivity contribution < 1.29 is 34.7 Å². The lowest BCUT2D eigenvalue weighted by Gasteiger charge is -2.45. The van der Waals surface area contributed by atoms with Gasteiger partial charge in [0.15, 0.2) is 0 Å². The Kier molecular flexibility index (Phi) is 3.71. The van der Waals surface area contributed by atoms with E-state index in [1.807, 2.05) is 0 Å². The Hall–Kier alpha value is -0.770. The van der Waals surface area contributed by atoms with Crippen LogP contribution in [-0.2, 0) is 14.3 Å². The third kappa shape index (κ3) is 2.18. The molecule has 1 amide bonds. The van der Waals surface area contributed by atoms with Crippen LogP contribution in [0, 0.1) is 0 Å². The first kappa shape index (κ1) is 15.1. The van der Waals surface area contributed by atoms with Gasteiger partial charge in [0.1, 0.15) is 30.1 Å². The zero-order valence-electron chi connectivity index (χ0n) is 11.6. The monoisotopic (exact) mass is 303 g/mol. The van der Waals surface area contributed by atoms with E-state index in [0.29, 0.717) is 12.8 Å². The number of nitrogens with one attached hydrogen (secondary N) is 1. The molecule has 3 rings (SSSR count). The predicted molar refractivity (Wildman–Crippen MR) is 67.8 cm³/mol. The molecule has 2 saturated heterocycles. The summed E-state index contributed by atoms with van der Waals surface area (Å²) in [6.45, 7) is -0.601. The molecule has 1 aliphatic carbocycles. The molecule has 2 spiro atoms. The van der Waals surface area contributed by atoms with Crippen LogP contribution < -0.4 is 5.32 Å². The summed E-state index contributed by atoms with van der Waals surface area (Å²) in [5.74, 6) is -2.76. The fourth-order valence-electron chi connectivity index (χ4n) is 3.42. The Morgan fingerprint density at radius 3 is 2.43 bits per heavy atom. The maximum atomic E-state index is 12.4. The molecule has 5 atom stereocenters. The topological polar surface area (TPSA) is 128 Å². The van der Waals surface area contributed by atoms with Gasteiger partial charge in [-0.05, 0) is 25.7 Å². The molecule has 0 radical (unpaired) electrons. The van der Waals surface area contributed by atoms with Crippen LogP contribution in [0.5, 0.6) is 0 Å². The zero-order valence-corrected chi connectivity index (χ0v) is 11.6. The molecule has 1 saturated carbocycles. The van der Waals surface area contributed by atoms with Gasteiger partial charge in [0, 0.05) is 0 Å². The lowest BCUT2D eigenvalue weighted by Crippen LogP contribution is -2.68. The molecular formula is C13H21NO7. The van der Waals surface area contributed by atoms with E-state index in [1.165, 1.54) is 0 Å². The van der Waals surface area contributed by atoms with Gasteiger partial charge in [-0.2, -0.15) is 0 Å². The molecule has 0 aromatic heterocycles. The fraction of sp³-hybridized carbons (Fsp3) is 0.923. The van der Waals surface area contributed by atoms with Crippen molar-refractivity contribution >= 4 is 5.91 Å². The summed E-state index contributed by atoms with van der Waals surface area (Å²) in [5, 5.41) is 41.8. The van der Waals surface area contributed by atoms with Gasteiger partial charge in [-0.15, -0.1) is 0 Å². The fourth-order valence-corrected chi connectivity index (χ4v) is 3.42. The van der Waals surface area contributed by atoms with Crippen molar-refractivity contribution in [3.05, 3.63) is 0 Å². The maximum Gasteiger partial charge on any atom is 0.285 e. The number of hydrogen-bond donors (Lipinski definition) is 5. The van der Waals surface area contributed by atoms with E-state index in [-0.39, 0.29) is 0 Å². The van der Waals surface area contributed by atoms with E-state index in [0.717, 1.165) is 19.3 Å². The number of rotatable bonds is 1. The van der Waals surface area contributed by atoms with Crippen molar-refractivity contribution in [3.8, 4) is 0 Å². The number of carbonyl (C=O) groups is 1. The summed E-state index contributed by atoms with van der Waals surface area (Å²) < 4.78 is 11.2. The van der Waals surface area contributed by atoms with Crippen LogP contribution in [0.25, 0.3) is 0 Å². The molecule has 2 heterocycles. The van der Waals surface area contributed by atoms with Gasteiger partial charge in [-0.1, -0.05) is 6.42 Å². The zero-order chi connectivity index (χ0) is 15.3. The smallest absolute Gasteiger partial charge is 0.285 e. The summed E-state index contributed by atoms with van der Waals surface area (Å²) in [6, 6.07) is 0. The molecule has 5 N–H and O–H groups in total. The van der Waals surface area contributed by atoms with Gasteiger partial charge >= 0.3 is 0 Å². The average molecular weight is 303 g/mol. The van der Waals surface area contributed by atoms with Gasteiger partial charge in [0.25, 0.3) is 11.7 Å². The number of ether oxygens (including phenoxy) is 2. The molecule has 2 aliphatic heterocycles. The Morgan fingerprint density at radius 2 is 1.81 bits per heavy atom. The summed E-state index contributed by atoms with van der Waals surface area (Å²) in [4.78, 5) is 12.4. The predicted octanol–water partition coefficient (Wildman–Crippen LogP) is -2.04. The van der Waals surface area contributed by atoms with E-state index in [9.17, 15) is 25.2 Å². The van der Waals surface area contributed by atoms with Crippen LogP contribution in [0.1, 0.15) is 32.1 Å². The largest absolute Gasteiger partial charge is 0.394 e. The highest BCUT2D eigenvalue weighted by Gasteiger charge is 2.66. The molecule has 3 fully saturated rings. The highest BCUT2D eigenvalue weighted by atomic mass is 16.8. The van der Waals surface area contributed by atoms with Crippen LogP contribution in [0.2, 0.25) is 0 Å². The minimum absolute atomic E-state index is 0.596. The molecule has 120 valence electrons. The molecule has 0 unspecified atom stereocenters. The number of aliphatic hydroxyl groups excluding tert-OH is 4. The maximum absolute atomic E-state index is 12.4. The summed E-state index contributed by atoms with van der Waals surface area (Å²) in [7, 11) is 0. The molecule has 8 nitrogen and oxygen atoms in total. The number of aliphatic hydroxyl groups is 4. The second kappa shape index (κ2) is 5.15. The molecule has 0 aromatic carbocycles. The van der Waals surface area contributed by atoms with Gasteiger partial charge < -0.3 is 35.2 Å². The molecular weight excluding hydrogens is 282 g/mol. The molecule has 8 heteroatoms. The Labute approximate surface area is 121 Å². The first-order chi connectivity index (χ1) is 9.94. The van der Waals surface area contributed by atoms with Crippen molar-refractivity contribution in [3.63, 3.8) is 0 Å². The Bertz CT molecular complexity index is 423. The second-order valence-corrected chi connectivity index (χ2v) is 6.04. The van der Waals surface area contributed by atoms with E-state index < -0.39 is 48.4 Å². The number of amides is 1. The van der Waals surface area contributed by atoms with Crippen molar-refractivity contribution in [1.29, 1.82) is 0 Å². The standard InChI is InChI=1S/C13H21NO7/c15-6-7-8(16)9(17)10(18)13(20-7)11(19)14-12(21-13)4-2-1-3-5-12/h7-10,15-18H,1-6H2,(H,14,19)/t7-,8-,9+,10-,13+/m1/s1. The third-order valence-electron chi connectivity index (χ3n) is 4.62. The Morgan fingerprint density at radius 1 is 1.14 bits per heavy atom. The second-order valence-electron chi connectivity index (χ2n) is 6.04. The molecule has 0 bridgehead atoms. The van der Waals surface area contributed by atoms with Crippen molar-refractivity contribution in [2.45, 2.75) is 68.0 Å². The van der Waals surface area contributed by atoms with Gasteiger partial charge in [-0.3, -0.25) is 4.79 Å². The summed E-state index contributed by atoms with van der Waals surface area (Å²) in [5.41, 5.74) is -0.904. The lowest BCUT2D eigenvalue weighted by atomic mass is 9.91. The third-order valence-corrected chi connectivity index (χ3v) is 4.62. The van der Waals surface area contributed by atoms with Gasteiger partial charge in [-0.25, -0.2) is 0 Å². The first-order valence-electron chi connectivity index (χ1n) is 7.30. The minimum atomic E-state index is -2.08. The number of carbonyl (C=O) groups excluding carboxylic acids is 1.